The summed E-state index contributed by atoms with van der Waals surface area (Å²) >= 11 is 4.53. The van der Waals surface area contributed by atoms with Crippen molar-refractivity contribution in [2.75, 3.05) is 0 Å². The van der Waals surface area contributed by atoms with Crippen molar-refractivity contribution in [2.45, 2.75) is 0 Å². The molecule has 0 saturated carbocycles. The molecule has 0 aliphatic carbocycles. The first kappa shape index (κ1) is 5.24. The van der Waals surface area contributed by atoms with Gasteiger partial charge >= 0.3 is 0 Å². The summed E-state index contributed by atoms with van der Waals surface area (Å²) in [5, 5.41) is 6.19. The molecule has 0 fully saturated rings. The van der Waals surface area contributed by atoms with Crippen LogP contribution in [0.25, 0.3) is 0 Å². The van der Waals surface area contributed by atoms with E-state index >= 15 is 0 Å². The van der Waals surface area contributed by atoms with Crippen LogP contribution in [0.2, 0.25) is 0 Å². The summed E-state index contributed by atoms with van der Waals surface area (Å²) in [6.45, 7) is 0. The standard InChI is InChI=1S/C4H3N2OS/c7-3-1-2-5-4(8)6-3/h1-2H,(H,5,8). The van der Waals surface area contributed by atoms with Crippen LogP contribution in [0.15, 0.2) is 12.3 Å². The topological polar surface area (TPSA) is 43.2 Å². The third kappa shape index (κ3) is 1.04. The van der Waals surface area contributed by atoms with Gasteiger partial charge in [0.05, 0.1) is 0 Å². The van der Waals surface area contributed by atoms with Crippen LogP contribution in [0.3, 0.4) is 0 Å². The molecule has 3 nitrogen and oxygen atoms in total. The maximum atomic E-state index is 10.3. The highest BCUT2D eigenvalue weighted by molar-refractivity contribution is 7.80. The van der Waals surface area contributed by atoms with Crippen molar-refractivity contribution in [2.24, 2.45) is 0 Å². The summed E-state index contributed by atoms with van der Waals surface area (Å²) in [7, 11) is 0. The first-order valence-corrected chi connectivity index (χ1v) is 2.42. The SMILES string of the molecule is O=C1C=CNC(=S)[N]1. The Morgan fingerprint density at radius 2 is 2.50 bits per heavy atom. The molecule has 1 radical (unpaired) electrons. The lowest BCUT2D eigenvalue weighted by atomic mass is 10.5. The Morgan fingerprint density at radius 3 is 2.88 bits per heavy atom. The van der Waals surface area contributed by atoms with E-state index in [1.54, 1.807) is 0 Å². The second kappa shape index (κ2) is 1.92. The summed E-state index contributed by atoms with van der Waals surface area (Å²) in [6, 6.07) is 0. The number of nitrogens with one attached hydrogen (secondary N) is 1. The average Bonchev–Trinajstić information content (AvgIpc) is 1.64. The Hall–Kier alpha value is -0.900. The largest absolute Gasteiger partial charge is 0.337 e. The van der Waals surface area contributed by atoms with E-state index in [4.69, 9.17) is 0 Å². The fourth-order valence-electron chi connectivity index (χ4n) is 0.354. The van der Waals surface area contributed by atoms with Gasteiger partial charge in [-0.25, -0.2) is 0 Å². The molecule has 0 bridgehead atoms. The summed E-state index contributed by atoms with van der Waals surface area (Å²) in [4.78, 5) is 10.3. The van der Waals surface area contributed by atoms with E-state index in [1.807, 2.05) is 0 Å². The molecular weight excluding hydrogens is 124 g/mol. The molecule has 4 heteroatoms. The van der Waals surface area contributed by atoms with Crippen molar-refractivity contribution in [3.05, 3.63) is 12.3 Å². The van der Waals surface area contributed by atoms with Crippen molar-refractivity contribution >= 4 is 23.2 Å². The number of hydrogen-bond acceptors (Lipinski definition) is 2. The molecule has 1 N–H and O–H groups in total. The molecule has 0 spiro atoms. The summed E-state index contributed by atoms with van der Waals surface area (Å²) in [6.07, 6.45) is 2.79. The van der Waals surface area contributed by atoms with Gasteiger partial charge in [-0.1, -0.05) is 0 Å². The minimum Gasteiger partial charge on any atom is -0.337 e. The van der Waals surface area contributed by atoms with Crippen LogP contribution >= 0.6 is 12.2 Å². The molecule has 1 aliphatic rings. The first-order chi connectivity index (χ1) is 3.79. The van der Waals surface area contributed by atoms with Gasteiger partial charge in [-0.15, -0.1) is 0 Å². The normalized spacial score (nSPS) is 17.5. The van der Waals surface area contributed by atoms with Gasteiger partial charge in [-0.05, 0) is 12.2 Å². The number of rotatable bonds is 0. The van der Waals surface area contributed by atoms with Crippen molar-refractivity contribution in [3.63, 3.8) is 0 Å². The Morgan fingerprint density at radius 1 is 1.75 bits per heavy atom. The first-order valence-electron chi connectivity index (χ1n) is 2.02. The smallest absolute Gasteiger partial charge is 0.273 e. The Balaban J connectivity index is 2.68. The number of hydrogen-bond donors (Lipinski definition) is 1. The minimum atomic E-state index is -0.297. The quantitative estimate of drug-likeness (QED) is 0.447. The van der Waals surface area contributed by atoms with Gasteiger partial charge in [-0.3, -0.25) is 4.79 Å². The Bertz CT molecular complexity index is 163. The zero-order chi connectivity index (χ0) is 5.98. The van der Waals surface area contributed by atoms with Crippen LogP contribution in [0.4, 0.5) is 0 Å². The third-order valence-electron chi connectivity index (χ3n) is 0.644. The summed E-state index contributed by atoms with van der Waals surface area (Å²) in [5.74, 6) is -0.297. The highest BCUT2D eigenvalue weighted by atomic mass is 32.1. The number of thiocarbonyl (C=S) groups is 1. The van der Waals surface area contributed by atoms with Crippen molar-refractivity contribution < 1.29 is 4.79 Å². The molecule has 1 aliphatic heterocycles. The monoisotopic (exact) mass is 127 g/mol. The fraction of sp³-hybridized carbons (Fsp3) is 0. The molecular formula is C4H3N2OS. The van der Waals surface area contributed by atoms with Gasteiger partial charge in [0.25, 0.3) is 5.91 Å². The lowest BCUT2D eigenvalue weighted by Crippen LogP contribution is -2.33. The Labute approximate surface area is 51.8 Å². The van der Waals surface area contributed by atoms with Gasteiger partial charge < -0.3 is 5.32 Å². The van der Waals surface area contributed by atoms with E-state index in [0.29, 0.717) is 0 Å². The molecule has 41 valence electrons. The van der Waals surface area contributed by atoms with Crippen LogP contribution in [-0.2, 0) is 4.79 Å². The molecule has 0 atom stereocenters. The van der Waals surface area contributed by atoms with Gasteiger partial charge in [-0.2, -0.15) is 5.32 Å². The zero-order valence-electron chi connectivity index (χ0n) is 3.92. The lowest BCUT2D eigenvalue weighted by Gasteiger charge is -2.03. The van der Waals surface area contributed by atoms with Crippen LogP contribution in [0, 0.1) is 0 Å². The molecule has 8 heavy (non-hydrogen) atoms. The predicted octanol–water partition coefficient (Wildman–Crippen LogP) is -0.481. The number of amides is 1. The molecule has 0 aromatic rings. The minimum absolute atomic E-state index is 0.234. The third-order valence-corrected chi connectivity index (χ3v) is 0.854. The van der Waals surface area contributed by atoms with Crippen molar-refractivity contribution in [1.29, 1.82) is 0 Å². The van der Waals surface area contributed by atoms with Gasteiger partial charge in [0.2, 0.25) is 0 Å². The zero-order valence-corrected chi connectivity index (χ0v) is 4.73. The van der Waals surface area contributed by atoms with E-state index in [9.17, 15) is 4.79 Å². The predicted molar refractivity (Wildman–Crippen MR) is 32.0 cm³/mol. The highest BCUT2D eigenvalue weighted by Gasteiger charge is 2.05. The maximum absolute atomic E-state index is 10.3. The van der Waals surface area contributed by atoms with Gasteiger partial charge in [0.15, 0.2) is 5.11 Å². The second-order valence-corrected chi connectivity index (χ2v) is 1.62. The highest BCUT2D eigenvalue weighted by Crippen LogP contribution is 1.81. The van der Waals surface area contributed by atoms with Crippen LogP contribution in [-0.4, -0.2) is 11.0 Å². The molecule has 0 aromatic heterocycles. The molecule has 0 unspecified atom stereocenters. The summed E-state index contributed by atoms with van der Waals surface area (Å²) < 4.78 is 0. The van der Waals surface area contributed by atoms with Crippen LogP contribution in [0.5, 0.6) is 0 Å². The van der Waals surface area contributed by atoms with Gasteiger partial charge in [0.1, 0.15) is 0 Å². The molecule has 1 heterocycles. The second-order valence-electron chi connectivity index (χ2n) is 1.23. The molecule has 1 amide bonds. The van der Waals surface area contributed by atoms with E-state index < -0.39 is 0 Å². The van der Waals surface area contributed by atoms with Crippen molar-refractivity contribution in [1.82, 2.24) is 10.6 Å². The maximum Gasteiger partial charge on any atom is 0.273 e. The molecule has 0 aromatic carbocycles. The number of carbonyl (C=O) groups excluding carboxylic acids is 1. The molecule has 0 saturated heterocycles. The Kier molecular flexibility index (Phi) is 1.26. The van der Waals surface area contributed by atoms with E-state index in [0.717, 1.165) is 0 Å². The van der Waals surface area contributed by atoms with E-state index in [1.165, 1.54) is 12.3 Å². The molecule has 1 rings (SSSR count). The fourth-order valence-corrected chi connectivity index (χ4v) is 0.512. The van der Waals surface area contributed by atoms with Crippen LogP contribution in [0.1, 0.15) is 0 Å². The van der Waals surface area contributed by atoms with Gasteiger partial charge in [0, 0.05) is 12.3 Å². The van der Waals surface area contributed by atoms with E-state index in [-0.39, 0.29) is 11.0 Å². The number of nitrogens with zero attached hydrogens (tertiary/aromatic N) is 1. The van der Waals surface area contributed by atoms with E-state index in [2.05, 4.69) is 22.9 Å². The van der Waals surface area contributed by atoms with Crippen molar-refractivity contribution in [3.8, 4) is 0 Å². The average molecular weight is 127 g/mol. The lowest BCUT2D eigenvalue weighted by molar-refractivity contribution is -0.115. The summed E-state index contributed by atoms with van der Waals surface area (Å²) in [5.41, 5.74) is 0. The van der Waals surface area contributed by atoms with Crippen LogP contribution < -0.4 is 10.6 Å². The number of carbonyl (C=O) groups is 1.